The zero-order chi connectivity index (χ0) is 24.3. The van der Waals surface area contributed by atoms with E-state index in [2.05, 4.69) is 17.1 Å². The van der Waals surface area contributed by atoms with Crippen LogP contribution in [-0.2, 0) is 6.18 Å². The summed E-state index contributed by atoms with van der Waals surface area (Å²) >= 11 is 0. The smallest absolute Gasteiger partial charge is 0.368 e. The van der Waals surface area contributed by atoms with Crippen molar-refractivity contribution in [1.29, 1.82) is 0 Å². The molecule has 1 aromatic heterocycles. The maximum Gasteiger partial charge on any atom is 0.416 e. The van der Waals surface area contributed by atoms with Crippen molar-refractivity contribution in [3.05, 3.63) is 65.7 Å². The van der Waals surface area contributed by atoms with Crippen LogP contribution in [0.3, 0.4) is 0 Å². The van der Waals surface area contributed by atoms with Crippen LogP contribution in [0, 0.1) is 0 Å². The number of carbonyl (C=O) groups is 1. The molecule has 0 aliphatic carbocycles. The SMILES string of the molecule is CCCC(C)NC(=O)c1cc(N2CCN(c3cccc(C(F)(F)F)c3)CC2)nc2ccccc12. The summed E-state index contributed by atoms with van der Waals surface area (Å²) in [6.45, 7) is 6.39. The minimum Gasteiger partial charge on any atom is -0.368 e. The summed E-state index contributed by atoms with van der Waals surface area (Å²) in [6.07, 6.45) is -2.47. The zero-order valence-corrected chi connectivity index (χ0v) is 19.4. The fourth-order valence-corrected chi connectivity index (χ4v) is 4.39. The molecule has 1 saturated heterocycles. The molecule has 1 fully saturated rings. The van der Waals surface area contributed by atoms with Gasteiger partial charge in [0, 0.05) is 43.3 Å². The second-order valence-electron chi connectivity index (χ2n) is 8.73. The lowest BCUT2D eigenvalue weighted by Crippen LogP contribution is -2.47. The van der Waals surface area contributed by atoms with E-state index in [1.807, 2.05) is 42.2 Å². The van der Waals surface area contributed by atoms with Gasteiger partial charge in [-0.05, 0) is 43.7 Å². The summed E-state index contributed by atoms with van der Waals surface area (Å²) in [7, 11) is 0. The molecule has 0 spiro atoms. The molecule has 1 N–H and O–H groups in total. The van der Waals surface area contributed by atoms with Crippen molar-refractivity contribution in [2.75, 3.05) is 36.0 Å². The third kappa shape index (κ3) is 5.26. The number of fused-ring (bicyclic) bond motifs is 1. The molecule has 0 bridgehead atoms. The van der Waals surface area contributed by atoms with Gasteiger partial charge in [0.15, 0.2) is 0 Å². The van der Waals surface area contributed by atoms with Gasteiger partial charge in [-0.25, -0.2) is 4.98 Å². The van der Waals surface area contributed by atoms with Gasteiger partial charge in [-0.3, -0.25) is 4.79 Å². The number of halogens is 3. The average Bonchev–Trinajstić information content (AvgIpc) is 2.83. The molecule has 1 atom stereocenters. The number of anilines is 2. The Labute approximate surface area is 197 Å². The molecule has 180 valence electrons. The van der Waals surface area contributed by atoms with Gasteiger partial charge < -0.3 is 15.1 Å². The van der Waals surface area contributed by atoms with E-state index >= 15 is 0 Å². The van der Waals surface area contributed by atoms with Gasteiger partial charge in [0.25, 0.3) is 5.91 Å². The number of benzene rings is 2. The Kier molecular flexibility index (Phi) is 6.95. The van der Waals surface area contributed by atoms with Crippen molar-refractivity contribution in [2.24, 2.45) is 0 Å². The maximum absolute atomic E-state index is 13.1. The number of pyridine rings is 1. The van der Waals surface area contributed by atoms with E-state index in [1.165, 1.54) is 12.1 Å². The van der Waals surface area contributed by atoms with Gasteiger partial charge in [-0.2, -0.15) is 13.2 Å². The van der Waals surface area contributed by atoms with Crippen LogP contribution in [0.15, 0.2) is 54.6 Å². The lowest BCUT2D eigenvalue weighted by Gasteiger charge is -2.37. The van der Waals surface area contributed by atoms with E-state index in [4.69, 9.17) is 4.98 Å². The third-order valence-electron chi connectivity index (χ3n) is 6.19. The molecule has 3 aromatic rings. The molecule has 1 amide bonds. The van der Waals surface area contributed by atoms with Crippen LogP contribution in [0.2, 0.25) is 0 Å². The van der Waals surface area contributed by atoms with Crippen LogP contribution in [0.4, 0.5) is 24.7 Å². The summed E-state index contributed by atoms with van der Waals surface area (Å²) in [6, 6.07) is 14.9. The molecule has 0 saturated carbocycles. The quantitative estimate of drug-likeness (QED) is 0.517. The maximum atomic E-state index is 13.1. The second kappa shape index (κ2) is 9.91. The first-order valence-corrected chi connectivity index (χ1v) is 11.6. The summed E-state index contributed by atoms with van der Waals surface area (Å²) < 4.78 is 39.3. The van der Waals surface area contributed by atoms with Crippen molar-refractivity contribution >= 4 is 28.3 Å². The number of aromatic nitrogens is 1. The van der Waals surface area contributed by atoms with Crippen LogP contribution in [0.1, 0.15) is 42.6 Å². The Morgan fingerprint density at radius 2 is 1.74 bits per heavy atom. The van der Waals surface area contributed by atoms with Gasteiger partial charge >= 0.3 is 6.18 Å². The highest BCUT2D eigenvalue weighted by molar-refractivity contribution is 6.07. The van der Waals surface area contributed by atoms with E-state index in [1.54, 1.807) is 6.07 Å². The van der Waals surface area contributed by atoms with Crippen molar-refractivity contribution in [1.82, 2.24) is 10.3 Å². The lowest BCUT2D eigenvalue weighted by atomic mass is 10.1. The minimum atomic E-state index is -4.36. The molecule has 2 heterocycles. The van der Waals surface area contributed by atoms with Crippen LogP contribution >= 0.6 is 0 Å². The van der Waals surface area contributed by atoms with E-state index in [-0.39, 0.29) is 11.9 Å². The molecule has 1 aliphatic rings. The Balaban J connectivity index is 1.54. The number of hydrogen-bond acceptors (Lipinski definition) is 4. The molecular formula is C26H29F3N4O. The van der Waals surface area contributed by atoms with E-state index < -0.39 is 11.7 Å². The minimum absolute atomic E-state index is 0.0730. The molecule has 5 nitrogen and oxygen atoms in total. The van der Waals surface area contributed by atoms with Crippen LogP contribution in [0.5, 0.6) is 0 Å². The highest BCUT2D eigenvalue weighted by Crippen LogP contribution is 2.32. The van der Waals surface area contributed by atoms with Crippen molar-refractivity contribution in [3.63, 3.8) is 0 Å². The van der Waals surface area contributed by atoms with Crippen molar-refractivity contribution in [2.45, 2.75) is 38.9 Å². The predicted molar refractivity (Wildman–Crippen MR) is 129 cm³/mol. The second-order valence-corrected chi connectivity index (χ2v) is 8.73. The predicted octanol–water partition coefficient (Wildman–Crippen LogP) is 5.50. The van der Waals surface area contributed by atoms with Gasteiger partial charge in [0.2, 0.25) is 0 Å². The number of nitrogens with zero attached hydrogens (tertiary/aromatic N) is 3. The number of alkyl halides is 3. The van der Waals surface area contributed by atoms with Gasteiger partial charge in [-0.15, -0.1) is 0 Å². The Hall–Kier alpha value is -3.29. The fraction of sp³-hybridized carbons (Fsp3) is 0.385. The van der Waals surface area contributed by atoms with Crippen LogP contribution < -0.4 is 15.1 Å². The first-order chi connectivity index (χ1) is 16.3. The summed E-state index contributed by atoms with van der Waals surface area (Å²) in [4.78, 5) is 21.9. The van der Waals surface area contributed by atoms with Gasteiger partial charge in [-0.1, -0.05) is 37.6 Å². The molecule has 0 radical (unpaired) electrons. The normalized spacial score (nSPS) is 15.4. The zero-order valence-electron chi connectivity index (χ0n) is 19.4. The number of hydrogen-bond donors (Lipinski definition) is 1. The third-order valence-corrected chi connectivity index (χ3v) is 6.19. The summed E-state index contributed by atoms with van der Waals surface area (Å²) in [5.41, 5.74) is 1.25. The van der Waals surface area contributed by atoms with Crippen LogP contribution in [-0.4, -0.2) is 43.1 Å². The summed E-state index contributed by atoms with van der Waals surface area (Å²) in [5.74, 6) is 0.582. The first-order valence-electron chi connectivity index (χ1n) is 11.6. The summed E-state index contributed by atoms with van der Waals surface area (Å²) in [5, 5.41) is 3.88. The van der Waals surface area contributed by atoms with Crippen molar-refractivity contribution in [3.8, 4) is 0 Å². The molecule has 1 aliphatic heterocycles. The molecule has 34 heavy (non-hydrogen) atoms. The Morgan fingerprint density at radius 3 is 2.44 bits per heavy atom. The Morgan fingerprint density at radius 1 is 1.03 bits per heavy atom. The van der Waals surface area contributed by atoms with E-state index in [9.17, 15) is 18.0 Å². The Bertz CT molecular complexity index is 1160. The van der Waals surface area contributed by atoms with E-state index in [0.29, 0.717) is 43.2 Å². The fourth-order valence-electron chi connectivity index (χ4n) is 4.39. The monoisotopic (exact) mass is 470 g/mol. The highest BCUT2D eigenvalue weighted by atomic mass is 19.4. The number of amides is 1. The molecule has 8 heteroatoms. The number of piperazine rings is 1. The van der Waals surface area contributed by atoms with Gasteiger partial charge in [0.1, 0.15) is 5.82 Å². The molecule has 4 rings (SSSR count). The van der Waals surface area contributed by atoms with Crippen molar-refractivity contribution < 1.29 is 18.0 Å². The average molecular weight is 471 g/mol. The largest absolute Gasteiger partial charge is 0.416 e. The molecule has 1 unspecified atom stereocenters. The molecule has 2 aromatic carbocycles. The number of rotatable bonds is 6. The number of carbonyl (C=O) groups excluding carboxylic acids is 1. The standard InChI is InChI=1S/C26H29F3N4O/c1-3-7-18(2)30-25(34)22-17-24(31-23-11-5-4-10-21(22)23)33-14-12-32(13-15-33)20-9-6-8-19(16-20)26(27,28)29/h4-6,8-11,16-18H,3,7,12-15H2,1-2H3,(H,30,34). The van der Waals surface area contributed by atoms with E-state index in [0.717, 1.165) is 29.8 Å². The lowest BCUT2D eigenvalue weighted by molar-refractivity contribution is -0.137. The number of para-hydroxylation sites is 1. The van der Waals surface area contributed by atoms with Gasteiger partial charge in [0.05, 0.1) is 16.6 Å². The van der Waals surface area contributed by atoms with Crippen LogP contribution in [0.25, 0.3) is 10.9 Å². The topological polar surface area (TPSA) is 48.5 Å². The first kappa shape index (κ1) is 23.9. The highest BCUT2D eigenvalue weighted by Gasteiger charge is 2.31. The number of nitrogens with one attached hydrogen (secondary N) is 1. The molecular weight excluding hydrogens is 441 g/mol.